The zero-order valence-corrected chi connectivity index (χ0v) is 28.9. The first-order valence-electron chi connectivity index (χ1n) is 14.0. The maximum absolute atomic E-state index is 8.71. The molecule has 255 valence electrons. The van der Waals surface area contributed by atoms with Gasteiger partial charge < -0.3 is 20.2 Å². The van der Waals surface area contributed by atoms with Gasteiger partial charge in [-0.25, -0.2) is 0 Å². The van der Waals surface area contributed by atoms with Gasteiger partial charge in [0.15, 0.2) is 11.7 Å². The Morgan fingerprint density at radius 2 is 0.957 bits per heavy atom. The number of oxime groups is 2. The van der Waals surface area contributed by atoms with E-state index in [1.165, 1.54) is 0 Å². The maximum atomic E-state index is 8.71. The van der Waals surface area contributed by atoms with Crippen molar-refractivity contribution in [1.82, 2.24) is 21.8 Å². The molecule has 0 spiro atoms. The Hall–Kier alpha value is -4.53. The van der Waals surface area contributed by atoms with Gasteiger partial charge in [0.1, 0.15) is 12.4 Å². The normalized spacial score (nSPS) is 11.6. The van der Waals surface area contributed by atoms with Crippen molar-refractivity contribution in [3.8, 4) is 0 Å². The molecule has 0 atom stereocenters. The molecule has 0 saturated heterocycles. The van der Waals surface area contributed by atoms with E-state index < -0.39 is 0 Å². The summed E-state index contributed by atoms with van der Waals surface area (Å²) >= 11 is 9.80. The number of hydroxylamine groups is 2. The van der Waals surface area contributed by atoms with E-state index in [-0.39, 0.29) is 38.7 Å². The van der Waals surface area contributed by atoms with Crippen LogP contribution in [-0.2, 0) is 16.8 Å². The third-order valence-corrected chi connectivity index (χ3v) is 6.19. The number of nitrogens with zero attached hydrogens (tertiary/aromatic N) is 8. The maximum Gasteiger partial charge on any atom is 2.00 e. The zero-order chi connectivity index (χ0) is 34.2. The molecule has 0 aromatic heterocycles. The Balaban J connectivity index is 0.000000882. The number of thiocarbonyl (C=S) groups is 2. The van der Waals surface area contributed by atoms with Gasteiger partial charge in [0.25, 0.3) is 0 Å². The van der Waals surface area contributed by atoms with Crippen LogP contribution in [0.3, 0.4) is 0 Å². The molecule has 0 aliphatic heterocycles. The van der Waals surface area contributed by atoms with Gasteiger partial charge in [-0.15, -0.1) is 0 Å². The summed E-state index contributed by atoms with van der Waals surface area (Å²) in [4.78, 5) is 11.9. The quantitative estimate of drug-likeness (QED) is 0.0521. The van der Waals surface area contributed by atoms with E-state index in [0.717, 1.165) is 61.1 Å². The predicted octanol–water partition coefficient (Wildman–Crippen LogP) is 3.15. The Kier molecular flexibility index (Phi) is 23.2. The van der Waals surface area contributed by atoms with Crippen molar-refractivity contribution in [3.05, 3.63) is 59.7 Å². The summed E-state index contributed by atoms with van der Waals surface area (Å²) in [5.74, 6) is -0.243. The molecular weight excluding hydrogens is 691 g/mol. The number of rotatable bonds is 12. The predicted molar refractivity (Wildman–Crippen MR) is 192 cm³/mol. The molecule has 2 rings (SSSR count). The molecule has 0 bridgehead atoms. The fourth-order valence-electron chi connectivity index (χ4n) is 3.59. The van der Waals surface area contributed by atoms with E-state index in [1.807, 2.05) is 48.5 Å². The Bertz CT molecular complexity index is 1280. The molecule has 2 aromatic rings. The molecule has 0 saturated carbocycles. The molecule has 0 unspecified atom stereocenters. The first kappa shape index (κ1) is 42.5. The molecular formula is C28H40CoN12O4S2+2. The standard InChI is InChI=1S/2C14H20N6O2S.Co/c2*1-3-20(4-2)12-7-5-11(6-8-12)9-15-18-14(23)17-13(19-22)10-16-21;/h2*5-10,21-22H,3-4H2,1-2H3,(H2,17,18,19,23);/q;;+2/b2*15-9+,16-10+;. The minimum Gasteiger partial charge on any atom is -0.411 e. The van der Waals surface area contributed by atoms with E-state index in [1.54, 1.807) is 23.4 Å². The van der Waals surface area contributed by atoms with Crippen LogP contribution in [0, 0.1) is 0 Å². The minimum absolute atomic E-state index is 0. The van der Waals surface area contributed by atoms with Crippen LogP contribution in [0.15, 0.2) is 79.0 Å². The van der Waals surface area contributed by atoms with Crippen molar-refractivity contribution in [2.45, 2.75) is 27.7 Å². The van der Waals surface area contributed by atoms with Crippen LogP contribution in [0.4, 0.5) is 11.4 Å². The number of aliphatic imine (C=N–C) groups is 2. The van der Waals surface area contributed by atoms with Gasteiger partial charge in [0.05, 0.1) is 12.4 Å². The van der Waals surface area contributed by atoms with Crippen molar-refractivity contribution in [1.29, 1.82) is 0 Å². The number of anilines is 2. The number of hydrogen-bond donors (Lipinski definition) is 8. The van der Waals surface area contributed by atoms with Gasteiger partial charge in [0, 0.05) is 37.6 Å². The van der Waals surface area contributed by atoms with Crippen LogP contribution >= 0.6 is 24.4 Å². The molecule has 16 nitrogen and oxygen atoms in total. The topological polar surface area (TPSA) is 210 Å². The summed E-state index contributed by atoms with van der Waals surface area (Å²) in [6, 6.07) is 15.9. The van der Waals surface area contributed by atoms with Gasteiger partial charge in [-0.2, -0.15) is 20.2 Å². The van der Waals surface area contributed by atoms with E-state index >= 15 is 0 Å². The summed E-state index contributed by atoms with van der Waals surface area (Å²) in [5, 5.41) is 47.4. The smallest absolute Gasteiger partial charge is 0.411 e. The number of nitrogens with one attached hydrogen (secondary N) is 4. The SMILES string of the molecule is CCN(CC)c1ccc(/C=N/NC(=S)/N=C(/C=N/O)NO)cc1.CCN(CC)c1ccc(/C=N/NC(=S)/N=C(/C=N/O)NO)cc1.[Co+2]. The molecule has 0 aliphatic carbocycles. The van der Waals surface area contributed by atoms with Gasteiger partial charge in [0.2, 0.25) is 10.2 Å². The van der Waals surface area contributed by atoms with Crippen LogP contribution in [0.25, 0.3) is 0 Å². The third-order valence-electron chi connectivity index (χ3n) is 5.82. The van der Waals surface area contributed by atoms with Crippen molar-refractivity contribution in [2.24, 2.45) is 30.5 Å². The van der Waals surface area contributed by atoms with Crippen molar-refractivity contribution in [3.63, 3.8) is 0 Å². The number of benzene rings is 2. The van der Waals surface area contributed by atoms with Crippen LogP contribution < -0.4 is 31.6 Å². The second-order valence-corrected chi connectivity index (χ2v) is 9.36. The first-order valence-corrected chi connectivity index (χ1v) is 14.8. The molecule has 47 heavy (non-hydrogen) atoms. The van der Waals surface area contributed by atoms with E-state index in [4.69, 9.17) is 45.3 Å². The number of hydrazone groups is 2. The number of amidine groups is 2. The summed E-state index contributed by atoms with van der Waals surface area (Å²) < 4.78 is 0. The molecule has 2 aromatic carbocycles. The summed E-state index contributed by atoms with van der Waals surface area (Å²) in [5.41, 5.74) is 12.6. The van der Waals surface area contributed by atoms with Crippen LogP contribution in [0.2, 0.25) is 0 Å². The second-order valence-electron chi connectivity index (χ2n) is 8.58. The van der Waals surface area contributed by atoms with Gasteiger partial charge in [-0.3, -0.25) is 32.2 Å². The van der Waals surface area contributed by atoms with Crippen molar-refractivity contribution < 1.29 is 37.6 Å². The second kappa shape index (κ2) is 25.6. The van der Waals surface area contributed by atoms with Gasteiger partial charge in [-0.1, -0.05) is 34.6 Å². The van der Waals surface area contributed by atoms with E-state index in [9.17, 15) is 0 Å². The Labute approximate surface area is 294 Å². The molecule has 1 radical (unpaired) electrons. The van der Waals surface area contributed by atoms with Crippen molar-refractivity contribution in [2.75, 3.05) is 36.0 Å². The van der Waals surface area contributed by atoms with Crippen molar-refractivity contribution >= 4 is 82.6 Å². The zero-order valence-electron chi connectivity index (χ0n) is 26.3. The van der Waals surface area contributed by atoms with Crippen LogP contribution in [-0.4, -0.2) is 93.8 Å². The molecule has 8 N–H and O–H groups in total. The fourth-order valence-corrected chi connectivity index (χ4v) is 3.89. The van der Waals surface area contributed by atoms with E-state index in [0.29, 0.717) is 0 Å². The molecule has 0 fully saturated rings. The summed E-state index contributed by atoms with van der Waals surface area (Å²) in [7, 11) is 0. The molecule has 0 amide bonds. The van der Waals surface area contributed by atoms with E-state index in [2.05, 4.69) is 78.8 Å². The first-order chi connectivity index (χ1) is 22.3. The fraction of sp³-hybridized carbons (Fsp3) is 0.286. The van der Waals surface area contributed by atoms with Gasteiger partial charge in [-0.05, 0) is 87.5 Å². The number of hydrogen-bond acceptors (Lipinski definition) is 12. The average Bonchev–Trinajstić information content (AvgIpc) is 3.07. The Morgan fingerprint density at radius 1 is 0.638 bits per heavy atom. The average molecular weight is 732 g/mol. The van der Waals surface area contributed by atoms with Crippen LogP contribution in [0.5, 0.6) is 0 Å². The molecule has 0 aliphatic rings. The summed E-state index contributed by atoms with van der Waals surface area (Å²) in [6.07, 6.45) is 4.98. The molecule has 19 heteroatoms. The van der Waals surface area contributed by atoms with Gasteiger partial charge >= 0.3 is 16.8 Å². The summed E-state index contributed by atoms with van der Waals surface area (Å²) in [6.45, 7) is 12.3. The largest absolute Gasteiger partial charge is 2.00 e. The van der Waals surface area contributed by atoms with Crippen LogP contribution in [0.1, 0.15) is 38.8 Å². The molecule has 0 heterocycles. The Morgan fingerprint density at radius 3 is 1.21 bits per heavy atom. The monoisotopic (exact) mass is 731 g/mol. The minimum atomic E-state index is -0.122. The third kappa shape index (κ3) is 17.1.